The van der Waals surface area contributed by atoms with E-state index < -0.39 is 0 Å². The van der Waals surface area contributed by atoms with Crippen LogP contribution in [0.3, 0.4) is 0 Å². The van der Waals surface area contributed by atoms with Crippen LogP contribution in [0.4, 0.5) is 5.69 Å². The van der Waals surface area contributed by atoms with Crippen LogP contribution in [0, 0.1) is 5.92 Å². The number of benzene rings is 2. The number of nitrogens with zero attached hydrogens (tertiary/aromatic N) is 3. The van der Waals surface area contributed by atoms with Gasteiger partial charge < -0.3 is 14.8 Å². The molecule has 7 nitrogen and oxygen atoms in total. The minimum absolute atomic E-state index is 0.00706. The van der Waals surface area contributed by atoms with Crippen molar-refractivity contribution in [1.29, 1.82) is 0 Å². The van der Waals surface area contributed by atoms with Crippen LogP contribution in [-0.4, -0.2) is 68.6 Å². The summed E-state index contributed by atoms with van der Waals surface area (Å²) < 4.78 is 11.2. The van der Waals surface area contributed by atoms with Crippen molar-refractivity contribution in [2.45, 2.75) is 24.9 Å². The molecule has 33 heavy (non-hydrogen) atoms. The van der Waals surface area contributed by atoms with E-state index >= 15 is 0 Å². The second-order valence-corrected chi connectivity index (χ2v) is 8.91. The lowest BCUT2D eigenvalue weighted by Gasteiger charge is -2.37. The molecule has 174 valence electrons. The zero-order valence-electron chi connectivity index (χ0n) is 18.9. The Bertz CT molecular complexity index is 941. The van der Waals surface area contributed by atoms with Crippen molar-refractivity contribution >= 4 is 17.3 Å². The Labute approximate surface area is 195 Å². The number of hydrogen-bond donors (Lipinski definition) is 1. The minimum atomic E-state index is -0.0773. The van der Waals surface area contributed by atoms with Crippen LogP contribution in [-0.2, 0) is 14.3 Å². The third-order valence-electron chi connectivity index (χ3n) is 6.87. The number of anilines is 1. The minimum Gasteiger partial charge on any atom is -0.381 e. The van der Waals surface area contributed by atoms with Gasteiger partial charge in [-0.3, -0.25) is 14.7 Å². The highest BCUT2D eigenvalue weighted by Gasteiger charge is 2.35. The van der Waals surface area contributed by atoms with Gasteiger partial charge in [-0.25, -0.2) is 0 Å². The number of nitrogens with one attached hydrogen (secondary N) is 1. The molecular weight excluding hydrogens is 416 g/mol. The lowest BCUT2D eigenvalue weighted by atomic mass is 9.96. The third kappa shape index (κ3) is 5.11. The Hall–Kier alpha value is -2.74. The van der Waals surface area contributed by atoms with E-state index in [9.17, 15) is 4.79 Å². The molecule has 0 saturated carbocycles. The first-order valence-corrected chi connectivity index (χ1v) is 11.9. The van der Waals surface area contributed by atoms with Gasteiger partial charge in [0.25, 0.3) is 5.91 Å². The van der Waals surface area contributed by atoms with Crippen molar-refractivity contribution in [1.82, 2.24) is 10.2 Å². The lowest BCUT2D eigenvalue weighted by Crippen LogP contribution is -2.52. The topological polar surface area (TPSA) is 66.4 Å². The first-order chi connectivity index (χ1) is 16.3. The van der Waals surface area contributed by atoms with Crippen molar-refractivity contribution in [2.24, 2.45) is 11.0 Å². The van der Waals surface area contributed by atoms with Gasteiger partial charge in [-0.2, -0.15) is 5.10 Å². The van der Waals surface area contributed by atoms with Gasteiger partial charge in [-0.1, -0.05) is 48.5 Å². The van der Waals surface area contributed by atoms with Crippen molar-refractivity contribution < 1.29 is 14.3 Å². The Morgan fingerprint density at radius 1 is 1.00 bits per heavy atom. The SMILES string of the molecule is O=C(NC[C@H]([C@H]1CCOC1)N1CCOCC1)C1=NN(c2ccccc2)[C@@H](c2ccccc2)C1. The van der Waals surface area contributed by atoms with Crippen molar-refractivity contribution in [3.63, 3.8) is 0 Å². The number of rotatable bonds is 7. The summed E-state index contributed by atoms with van der Waals surface area (Å²) >= 11 is 0. The van der Waals surface area contributed by atoms with E-state index in [0.717, 1.165) is 57.2 Å². The maximum absolute atomic E-state index is 13.3. The molecule has 0 spiro atoms. The fourth-order valence-corrected chi connectivity index (χ4v) is 5.06. The molecule has 1 N–H and O–H groups in total. The summed E-state index contributed by atoms with van der Waals surface area (Å²) in [5.74, 6) is 0.360. The first kappa shape index (κ1) is 22.1. The van der Waals surface area contributed by atoms with E-state index in [1.165, 1.54) is 0 Å². The van der Waals surface area contributed by atoms with Crippen LogP contribution in [0.5, 0.6) is 0 Å². The van der Waals surface area contributed by atoms with Gasteiger partial charge in [0.1, 0.15) is 5.71 Å². The number of amides is 1. The number of para-hydroxylation sites is 1. The zero-order chi connectivity index (χ0) is 22.5. The quantitative estimate of drug-likeness (QED) is 0.706. The Kier molecular flexibility index (Phi) is 7.00. The third-order valence-corrected chi connectivity index (χ3v) is 6.87. The number of hydrogen-bond acceptors (Lipinski definition) is 6. The fraction of sp³-hybridized carbons (Fsp3) is 0.462. The predicted octanol–water partition coefficient (Wildman–Crippen LogP) is 2.85. The van der Waals surface area contributed by atoms with Crippen LogP contribution >= 0.6 is 0 Å². The summed E-state index contributed by atoms with van der Waals surface area (Å²) in [6, 6.07) is 20.6. The average molecular weight is 449 g/mol. The molecule has 3 aliphatic rings. The number of carbonyl (C=O) groups is 1. The van der Waals surface area contributed by atoms with Gasteiger partial charge in [0.2, 0.25) is 0 Å². The molecule has 2 fully saturated rings. The number of morpholine rings is 1. The van der Waals surface area contributed by atoms with Gasteiger partial charge in [-0.05, 0) is 24.1 Å². The van der Waals surface area contributed by atoms with Gasteiger partial charge >= 0.3 is 0 Å². The monoisotopic (exact) mass is 448 g/mol. The molecule has 2 saturated heterocycles. The van der Waals surface area contributed by atoms with E-state index in [-0.39, 0.29) is 18.0 Å². The molecule has 3 aliphatic heterocycles. The second kappa shape index (κ2) is 10.5. The van der Waals surface area contributed by atoms with Crippen LogP contribution in [0.1, 0.15) is 24.4 Å². The largest absolute Gasteiger partial charge is 0.381 e. The molecule has 1 amide bonds. The van der Waals surface area contributed by atoms with Crippen molar-refractivity contribution in [2.75, 3.05) is 51.1 Å². The van der Waals surface area contributed by atoms with Gasteiger partial charge in [0.05, 0.1) is 31.5 Å². The van der Waals surface area contributed by atoms with Crippen LogP contribution < -0.4 is 10.3 Å². The summed E-state index contributed by atoms with van der Waals surface area (Å²) in [6.45, 7) is 5.46. The molecule has 3 heterocycles. The molecular formula is C26H32N4O3. The van der Waals surface area contributed by atoms with Gasteiger partial charge in [0, 0.05) is 44.6 Å². The van der Waals surface area contributed by atoms with E-state index in [1.807, 2.05) is 53.5 Å². The summed E-state index contributed by atoms with van der Waals surface area (Å²) in [7, 11) is 0. The smallest absolute Gasteiger partial charge is 0.267 e. The highest BCUT2D eigenvalue weighted by Crippen LogP contribution is 2.35. The van der Waals surface area contributed by atoms with Gasteiger partial charge in [-0.15, -0.1) is 0 Å². The van der Waals surface area contributed by atoms with Gasteiger partial charge in [0.15, 0.2) is 0 Å². The number of carbonyl (C=O) groups excluding carboxylic acids is 1. The molecule has 0 aromatic heterocycles. The molecule has 0 radical (unpaired) electrons. The van der Waals surface area contributed by atoms with E-state index in [2.05, 4.69) is 22.3 Å². The summed E-state index contributed by atoms with van der Waals surface area (Å²) in [5.41, 5.74) is 2.72. The molecule has 5 rings (SSSR count). The normalized spacial score (nSPS) is 24.5. The van der Waals surface area contributed by atoms with E-state index in [1.54, 1.807) is 0 Å². The van der Waals surface area contributed by atoms with Crippen LogP contribution in [0.15, 0.2) is 65.8 Å². The highest BCUT2D eigenvalue weighted by molar-refractivity contribution is 6.39. The zero-order valence-corrected chi connectivity index (χ0v) is 18.9. The molecule has 2 aromatic rings. The molecule has 2 aromatic carbocycles. The highest BCUT2D eigenvalue weighted by atomic mass is 16.5. The van der Waals surface area contributed by atoms with E-state index in [4.69, 9.17) is 14.6 Å². The Balaban J connectivity index is 1.30. The molecule has 0 bridgehead atoms. The Morgan fingerprint density at radius 2 is 1.73 bits per heavy atom. The Morgan fingerprint density at radius 3 is 2.42 bits per heavy atom. The molecule has 0 aliphatic carbocycles. The number of hydrazone groups is 1. The molecule has 3 atom stereocenters. The van der Waals surface area contributed by atoms with Crippen molar-refractivity contribution in [3.05, 3.63) is 66.2 Å². The molecule has 0 unspecified atom stereocenters. The fourth-order valence-electron chi connectivity index (χ4n) is 5.06. The number of ether oxygens (including phenoxy) is 2. The first-order valence-electron chi connectivity index (χ1n) is 11.9. The van der Waals surface area contributed by atoms with Crippen LogP contribution in [0.25, 0.3) is 0 Å². The average Bonchev–Trinajstić information content (AvgIpc) is 3.57. The summed E-state index contributed by atoms with van der Waals surface area (Å²) in [4.78, 5) is 15.7. The summed E-state index contributed by atoms with van der Waals surface area (Å²) in [5, 5.41) is 9.97. The second-order valence-electron chi connectivity index (χ2n) is 8.91. The standard InChI is InChI=1S/C26H32N4O3/c31-26(27-18-25(21-11-14-33-19-21)29-12-15-32-16-13-29)23-17-24(20-7-3-1-4-8-20)30(28-23)22-9-5-2-6-10-22/h1-10,21,24-25H,11-19H2,(H,27,31)/t21-,24+,25+/m0/s1. The lowest BCUT2D eigenvalue weighted by molar-refractivity contribution is -0.115. The predicted molar refractivity (Wildman–Crippen MR) is 128 cm³/mol. The maximum Gasteiger partial charge on any atom is 0.267 e. The van der Waals surface area contributed by atoms with Crippen molar-refractivity contribution in [3.8, 4) is 0 Å². The maximum atomic E-state index is 13.3. The summed E-state index contributed by atoms with van der Waals surface area (Å²) in [6.07, 6.45) is 1.62. The molecule has 7 heteroatoms. The van der Waals surface area contributed by atoms with Crippen LogP contribution in [0.2, 0.25) is 0 Å². The van der Waals surface area contributed by atoms with E-state index in [0.29, 0.717) is 24.6 Å².